The fraction of sp³-hybridized carbons (Fsp3) is 0.500. The lowest BCUT2D eigenvalue weighted by molar-refractivity contribution is 0.143. The molecule has 0 heterocycles. The molecule has 0 aliphatic heterocycles. The van der Waals surface area contributed by atoms with Gasteiger partial charge in [-0.05, 0) is 45.0 Å². The molecule has 3 heteroatoms. The molecule has 0 spiro atoms. The molecule has 0 bridgehead atoms. The van der Waals surface area contributed by atoms with Crippen LogP contribution in [0.5, 0.6) is 0 Å². The number of hydrogen-bond donors (Lipinski definition) is 1. The van der Waals surface area contributed by atoms with Crippen molar-refractivity contribution in [1.82, 2.24) is 4.90 Å². The molecule has 104 valence electrons. The fourth-order valence-corrected chi connectivity index (χ4v) is 1.69. The highest BCUT2D eigenvalue weighted by Crippen LogP contribution is 2.21. The molecule has 2 nitrogen and oxygen atoms in total. The van der Waals surface area contributed by atoms with E-state index in [1.165, 1.54) is 12.1 Å². The van der Waals surface area contributed by atoms with Crippen molar-refractivity contribution in [1.29, 1.82) is 0 Å². The highest BCUT2D eigenvalue weighted by Gasteiger charge is 2.21. The van der Waals surface area contributed by atoms with Crippen LogP contribution in [0.4, 0.5) is 4.39 Å². The second-order valence-corrected chi connectivity index (χ2v) is 5.33. The second-order valence-electron chi connectivity index (χ2n) is 5.33. The highest BCUT2D eigenvalue weighted by molar-refractivity contribution is 5.42. The molecule has 1 aromatic rings. The Morgan fingerprint density at radius 3 is 2.63 bits per heavy atom. The molecule has 0 aliphatic rings. The Labute approximate surface area is 115 Å². The first-order valence-electron chi connectivity index (χ1n) is 6.59. The Kier molecular flexibility index (Phi) is 5.53. The van der Waals surface area contributed by atoms with Gasteiger partial charge in [-0.2, -0.15) is 0 Å². The van der Waals surface area contributed by atoms with Gasteiger partial charge in [0.1, 0.15) is 5.82 Å². The molecule has 0 atom stereocenters. The summed E-state index contributed by atoms with van der Waals surface area (Å²) in [6.07, 6.45) is 1.05. The van der Waals surface area contributed by atoms with Gasteiger partial charge in [0, 0.05) is 17.6 Å². The molecule has 0 saturated heterocycles. The van der Waals surface area contributed by atoms with Crippen LogP contribution in [0, 0.1) is 17.7 Å². The first kappa shape index (κ1) is 15.7. The molecule has 0 amide bonds. The van der Waals surface area contributed by atoms with E-state index in [1.54, 1.807) is 6.07 Å². The number of hydrogen-bond acceptors (Lipinski definition) is 2. The maximum Gasteiger partial charge on any atom is 0.124 e. The molecule has 19 heavy (non-hydrogen) atoms. The van der Waals surface area contributed by atoms with Gasteiger partial charge in [0.25, 0.3) is 0 Å². The number of halogens is 1. The van der Waals surface area contributed by atoms with Crippen LogP contribution in [0.15, 0.2) is 18.2 Å². The van der Waals surface area contributed by atoms with Gasteiger partial charge in [0.15, 0.2) is 0 Å². The van der Waals surface area contributed by atoms with Gasteiger partial charge in [-0.3, -0.25) is 4.90 Å². The van der Waals surface area contributed by atoms with E-state index >= 15 is 0 Å². The number of benzene rings is 1. The van der Waals surface area contributed by atoms with Crippen LogP contribution in [0.1, 0.15) is 38.3 Å². The van der Waals surface area contributed by atoms with Crippen molar-refractivity contribution >= 4 is 0 Å². The maximum atomic E-state index is 13.3. The average Bonchev–Trinajstić information content (AvgIpc) is 2.38. The van der Waals surface area contributed by atoms with E-state index in [9.17, 15) is 4.39 Å². The molecular weight excluding hydrogens is 239 g/mol. The Hall–Kier alpha value is -1.37. The molecule has 0 unspecified atom stereocenters. The zero-order valence-corrected chi connectivity index (χ0v) is 12.3. The van der Waals surface area contributed by atoms with Crippen molar-refractivity contribution in [2.75, 3.05) is 13.6 Å². The summed E-state index contributed by atoms with van der Waals surface area (Å²) in [6, 6.07) is 4.76. The summed E-state index contributed by atoms with van der Waals surface area (Å²) in [4.78, 5) is 2.26. The van der Waals surface area contributed by atoms with Crippen molar-refractivity contribution < 1.29 is 4.39 Å². The standard InChI is InChI=1S/C16H23FN2/c1-5-16(2,3)19(4)12-14-8-9-15(17)11-13(14)7-6-10-18/h8-9,11H,5,10,12,18H2,1-4H3. The quantitative estimate of drug-likeness (QED) is 0.845. The van der Waals surface area contributed by atoms with Crippen molar-refractivity contribution in [3.63, 3.8) is 0 Å². The van der Waals surface area contributed by atoms with E-state index in [1.807, 2.05) is 0 Å². The van der Waals surface area contributed by atoms with Crippen LogP contribution in [-0.2, 0) is 6.54 Å². The molecule has 0 saturated carbocycles. The van der Waals surface area contributed by atoms with Crippen molar-refractivity contribution in [3.05, 3.63) is 35.1 Å². The van der Waals surface area contributed by atoms with Crippen LogP contribution >= 0.6 is 0 Å². The van der Waals surface area contributed by atoms with E-state index in [2.05, 4.69) is 44.6 Å². The SMILES string of the molecule is CCC(C)(C)N(C)Cc1ccc(F)cc1C#CCN. The molecular formula is C16H23FN2. The van der Waals surface area contributed by atoms with Crippen LogP contribution in [0.25, 0.3) is 0 Å². The summed E-state index contributed by atoms with van der Waals surface area (Å²) in [5, 5.41) is 0. The molecule has 1 rings (SSSR count). The Morgan fingerprint density at radius 2 is 2.05 bits per heavy atom. The molecule has 1 aromatic carbocycles. The van der Waals surface area contributed by atoms with Crippen LogP contribution < -0.4 is 5.73 Å². The van der Waals surface area contributed by atoms with Gasteiger partial charge in [0.2, 0.25) is 0 Å². The highest BCUT2D eigenvalue weighted by atomic mass is 19.1. The number of nitrogens with two attached hydrogens (primary N) is 1. The fourth-order valence-electron chi connectivity index (χ4n) is 1.69. The summed E-state index contributed by atoms with van der Waals surface area (Å²) >= 11 is 0. The minimum absolute atomic E-state index is 0.104. The van der Waals surface area contributed by atoms with Crippen LogP contribution in [0.2, 0.25) is 0 Å². The largest absolute Gasteiger partial charge is 0.320 e. The first-order valence-corrected chi connectivity index (χ1v) is 6.59. The molecule has 0 aromatic heterocycles. The summed E-state index contributed by atoms with van der Waals surface area (Å²) in [5.41, 5.74) is 7.24. The molecule has 0 radical (unpaired) electrons. The van der Waals surface area contributed by atoms with Gasteiger partial charge in [0.05, 0.1) is 6.54 Å². The topological polar surface area (TPSA) is 29.3 Å². The lowest BCUT2D eigenvalue weighted by Crippen LogP contribution is -2.39. The Balaban J connectivity index is 3.01. The average molecular weight is 262 g/mol. The third-order valence-corrected chi connectivity index (χ3v) is 3.70. The van der Waals surface area contributed by atoms with Gasteiger partial charge < -0.3 is 5.73 Å². The van der Waals surface area contributed by atoms with Gasteiger partial charge in [-0.1, -0.05) is 24.8 Å². The summed E-state index contributed by atoms with van der Waals surface area (Å²) in [6.45, 7) is 7.59. The summed E-state index contributed by atoms with van der Waals surface area (Å²) in [7, 11) is 2.08. The van der Waals surface area contributed by atoms with Crippen molar-refractivity contribution in [2.45, 2.75) is 39.3 Å². The van der Waals surface area contributed by atoms with Gasteiger partial charge in [-0.15, -0.1) is 0 Å². The first-order chi connectivity index (χ1) is 8.90. The monoisotopic (exact) mass is 262 g/mol. The molecule has 0 fully saturated rings. The van der Waals surface area contributed by atoms with E-state index in [0.717, 1.165) is 24.1 Å². The van der Waals surface area contributed by atoms with Crippen molar-refractivity contribution in [2.24, 2.45) is 5.73 Å². The van der Waals surface area contributed by atoms with E-state index in [-0.39, 0.29) is 17.9 Å². The zero-order valence-electron chi connectivity index (χ0n) is 12.3. The lowest BCUT2D eigenvalue weighted by atomic mass is 9.98. The van der Waals surface area contributed by atoms with Crippen molar-refractivity contribution in [3.8, 4) is 11.8 Å². The number of nitrogens with zero attached hydrogens (tertiary/aromatic N) is 1. The normalized spacial score (nSPS) is 11.3. The van der Waals surface area contributed by atoms with Gasteiger partial charge >= 0.3 is 0 Å². The van der Waals surface area contributed by atoms with Gasteiger partial charge in [-0.25, -0.2) is 4.39 Å². The third-order valence-electron chi connectivity index (χ3n) is 3.70. The lowest BCUT2D eigenvalue weighted by Gasteiger charge is -2.35. The minimum atomic E-state index is -0.262. The predicted molar refractivity (Wildman–Crippen MR) is 78.2 cm³/mol. The summed E-state index contributed by atoms with van der Waals surface area (Å²) < 4.78 is 13.3. The third kappa shape index (κ3) is 4.34. The zero-order chi connectivity index (χ0) is 14.5. The molecule has 0 aliphatic carbocycles. The summed E-state index contributed by atoms with van der Waals surface area (Å²) in [5.74, 6) is 5.48. The second kappa shape index (κ2) is 6.70. The van der Waals surface area contributed by atoms with E-state index in [0.29, 0.717) is 0 Å². The Bertz CT molecular complexity index is 483. The van der Waals surface area contributed by atoms with Crippen LogP contribution in [-0.4, -0.2) is 24.0 Å². The van der Waals surface area contributed by atoms with E-state index < -0.39 is 0 Å². The maximum absolute atomic E-state index is 13.3. The minimum Gasteiger partial charge on any atom is -0.320 e. The van der Waals surface area contributed by atoms with E-state index in [4.69, 9.17) is 5.73 Å². The Morgan fingerprint density at radius 1 is 1.37 bits per heavy atom. The predicted octanol–water partition coefficient (Wildman–Crippen LogP) is 2.76. The number of rotatable bonds is 4. The molecule has 2 N–H and O–H groups in total. The smallest absolute Gasteiger partial charge is 0.124 e. The van der Waals surface area contributed by atoms with Crippen LogP contribution in [0.3, 0.4) is 0 Å².